The van der Waals surface area contributed by atoms with Gasteiger partial charge in [0.05, 0.1) is 15.5 Å². The number of benzene rings is 2. The number of aryl methyl sites for hydroxylation is 1. The minimum atomic E-state index is -3.64. The normalized spacial score (nSPS) is 15.7. The second-order valence-electron chi connectivity index (χ2n) is 7.61. The Balaban J connectivity index is 1.84. The quantitative estimate of drug-likeness (QED) is 0.696. The van der Waals surface area contributed by atoms with E-state index in [4.69, 9.17) is 11.6 Å². The van der Waals surface area contributed by atoms with Gasteiger partial charge in [-0.1, -0.05) is 54.3 Å². The molecule has 1 fully saturated rings. The molecule has 2 aromatic rings. The number of sulfonamides is 1. The summed E-state index contributed by atoms with van der Waals surface area (Å²) in [6.45, 7) is 3.45. The third-order valence-electron chi connectivity index (χ3n) is 5.26. The molecule has 0 radical (unpaired) electrons. The maximum Gasteiger partial charge on any atom is 0.255 e. The van der Waals surface area contributed by atoms with E-state index in [1.807, 2.05) is 31.2 Å². The first-order valence-electron chi connectivity index (χ1n) is 9.90. The highest BCUT2D eigenvalue weighted by atomic mass is 35.5. The van der Waals surface area contributed by atoms with E-state index in [1.54, 1.807) is 11.9 Å². The van der Waals surface area contributed by atoms with E-state index in [0.717, 1.165) is 36.8 Å². The molecule has 0 atom stereocenters. The van der Waals surface area contributed by atoms with Crippen LogP contribution in [0.1, 0.15) is 47.2 Å². The monoisotopic (exact) mass is 434 g/mol. The maximum atomic E-state index is 13.1. The van der Waals surface area contributed by atoms with Crippen LogP contribution in [-0.2, 0) is 16.6 Å². The predicted molar refractivity (Wildman–Crippen MR) is 116 cm³/mol. The minimum Gasteiger partial charge on any atom is -0.337 e. The molecule has 0 aliphatic carbocycles. The van der Waals surface area contributed by atoms with Crippen molar-refractivity contribution < 1.29 is 13.2 Å². The SMILES string of the molecule is Cc1ccc(CN(C)C(=O)c2cc(S(=O)(=O)N3CCCCCC3)ccc2Cl)cc1. The summed E-state index contributed by atoms with van der Waals surface area (Å²) >= 11 is 6.26. The highest BCUT2D eigenvalue weighted by molar-refractivity contribution is 7.89. The van der Waals surface area contributed by atoms with Crippen molar-refractivity contribution in [2.45, 2.75) is 44.0 Å². The molecule has 0 bridgehead atoms. The zero-order valence-electron chi connectivity index (χ0n) is 16.9. The molecule has 1 amide bonds. The molecule has 0 aromatic heterocycles. The summed E-state index contributed by atoms with van der Waals surface area (Å²) in [5, 5.41) is 0.251. The molecule has 0 spiro atoms. The molecular formula is C22H27ClN2O3S. The van der Waals surface area contributed by atoms with Gasteiger partial charge in [0, 0.05) is 26.7 Å². The van der Waals surface area contributed by atoms with Crippen LogP contribution in [-0.4, -0.2) is 43.7 Å². The number of carbonyl (C=O) groups is 1. The van der Waals surface area contributed by atoms with Crippen molar-refractivity contribution in [3.63, 3.8) is 0 Å². The molecule has 1 aliphatic rings. The Hall–Kier alpha value is -1.89. The molecular weight excluding hydrogens is 408 g/mol. The van der Waals surface area contributed by atoms with Gasteiger partial charge in [0.2, 0.25) is 10.0 Å². The fourth-order valence-electron chi connectivity index (χ4n) is 3.50. The smallest absolute Gasteiger partial charge is 0.255 e. The van der Waals surface area contributed by atoms with Crippen molar-refractivity contribution >= 4 is 27.5 Å². The van der Waals surface area contributed by atoms with Gasteiger partial charge in [0.1, 0.15) is 0 Å². The Labute approximate surface area is 178 Å². The first kappa shape index (κ1) is 21.8. The van der Waals surface area contributed by atoms with Gasteiger partial charge in [-0.15, -0.1) is 0 Å². The number of amides is 1. The summed E-state index contributed by atoms with van der Waals surface area (Å²) in [7, 11) is -1.95. The van der Waals surface area contributed by atoms with Crippen LogP contribution in [0.15, 0.2) is 47.4 Å². The van der Waals surface area contributed by atoms with E-state index < -0.39 is 10.0 Å². The zero-order chi connectivity index (χ0) is 21.0. The highest BCUT2D eigenvalue weighted by Crippen LogP contribution is 2.26. The van der Waals surface area contributed by atoms with E-state index in [9.17, 15) is 13.2 Å². The Bertz CT molecular complexity index is 966. The fourth-order valence-corrected chi connectivity index (χ4v) is 5.25. The van der Waals surface area contributed by atoms with Crippen LogP contribution in [0.2, 0.25) is 5.02 Å². The molecule has 5 nitrogen and oxygen atoms in total. The predicted octanol–water partition coefficient (Wildman–Crippen LogP) is 4.49. The molecule has 1 aliphatic heterocycles. The number of halogens is 1. The van der Waals surface area contributed by atoms with Crippen LogP contribution in [0.25, 0.3) is 0 Å². The second-order valence-corrected chi connectivity index (χ2v) is 9.95. The first-order valence-corrected chi connectivity index (χ1v) is 11.7. The minimum absolute atomic E-state index is 0.121. The molecule has 0 unspecified atom stereocenters. The van der Waals surface area contributed by atoms with Crippen LogP contribution in [0.3, 0.4) is 0 Å². The first-order chi connectivity index (χ1) is 13.8. The molecule has 7 heteroatoms. The van der Waals surface area contributed by atoms with Gasteiger partial charge in [0.15, 0.2) is 0 Å². The largest absolute Gasteiger partial charge is 0.337 e. The van der Waals surface area contributed by atoms with Crippen LogP contribution >= 0.6 is 11.6 Å². The third-order valence-corrected chi connectivity index (χ3v) is 7.48. The summed E-state index contributed by atoms with van der Waals surface area (Å²) in [6, 6.07) is 12.3. The van der Waals surface area contributed by atoms with Crippen molar-refractivity contribution in [3.8, 4) is 0 Å². The van der Waals surface area contributed by atoms with Gasteiger partial charge in [-0.3, -0.25) is 4.79 Å². The summed E-state index contributed by atoms with van der Waals surface area (Å²) in [5.74, 6) is -0.302. The lowest BCUT2D eigenvalue weighted by Crippen LogP contribution is -2.32. The van der Waals surface area contributed by atoms with E-state index in [0.29, 0.717) is 19.6 Å². The van der Waals surface area contributed by atoms with E-state index in [2.05, 4.69) is 0 Å². The van der Waals surface area contributed by atoms with Gasteiger partial charge in [0.25, 0.3) is 5.91 Å². The van der Waals surface area contributed by atoms with Crippen molar-refractivity contribution in [2.75, 3.05) is 20.1 Å². The fraction of sp³-hybridized carbons (Fsp3) is 0.409. The van der Waals surface area contributed by atoms with Crippen LogP contribution in [0, 0.1) is 6.92 Å². The van der Waals surface area contributed by atoms with E-state index in [1.165, 1.54) is 22.5 Å². The summed E-state index contributed by atoms with van der Waals surface area (Å²) in [4.78, 5) is 14.7. The van der Waals surface area contributed by atoms with Gasteiger partial charge in [-0.2, -0.15) is 4.31 Å². The standard InChI is InChI=1S/C22H27ClN2O3S/c1-17-7-9-18(10-8-17)16-24(2)22(26)20-15-19(11-12-21(20)23)29(27,28)25-13-5-3-4-6-14-25/h7-12,15H,3-6,13-14,16H2,1-2H3. The Morgan fingerprint density at radius 1 is 1.03 bits per heavy atom. The molecule has 0 saturated carbocycles. The maximum absolute atomic E-state index is 13.1. The lowest BCUT2D eigenvalue weighted by atomic mass is 10.1. The van der Waals surface area contributed by atoms with E-state index >= 15 is 0 Å². The summed E-state index contributed by atoms with van der Waals surface area (Å²) in [5.41, 5.74) is 2.35. The van der Waals surface area contributed by atoms with Crippen molar-refractivity contribution in [2.24, 2.45) is 0 Å². The van der Waals surface area contributed by atoms with Crippen molar-refractivity contribution in [3.05, 3.63) is 64.2 Å². The molecule has 0 N–H and O–H groups in total. The molecule has 29 heavy (non-hydrogen) atoms. The number of rotatable bonds is 5. The van der Waals surface area contributed by atoms with Crippen LogP contribution in [0.5, 0.6) is 0 Å². The third kappa shape index (κ3) is 5.18. The summed E-state index contributed by atoms with van der Waals surface area (Å²) < 4.78 is 27.7. The van der Waals surface area contributed by atoms with Gasteiger partial charge >= 0.3 is 0 Å². The Morgan fingerprint density at radius 2 is 1.66 bits per heavy atom. The van der Waals surface area contributed by atoms with Gasteiger partial charge in [-0.25, -0.2) is 8.42 Å². The second kappa shape index (κ2) is 9.28. The van der Waals surface area contributed by atoms with E-state index in [-0.39, 0.29) is 21.4 Å². The zero-order valence-corrected chi connectivity index (χ0v) is 18.5. The number of hydrogen-bond donors (Lipinski definition) is 0. The van der Waals surface area contributed by atoms with Gasteiger partial charge < -0.3 is 4.90 Å². The molecule has 1 saturated heterocycles. The summed E-state index contributed by atoms with van der Waals surface area (Å²) in [6.07, 6.45) is 3.80. The molecule has 3 rings (SSSR count). The van der Waals surface area contributed by atoms with Gasteiger partial charge in [-0.05, 0) is 43.5 Å². The number of hydrogen-bond acceptors (Lipinski definition) is 3. The van der Waals surface area contributed by atoms with Crippen molar-refractivity contribution in [1.29, 1.82) is 0 Å². The highest BCUT2D eigenvalue weighted by Gasteiger charge is 2.27. The molecule has 1 heterocycles. The van der Waals surface area contributed by atoms with Crippen molar-refractivity contribution in [1.82, 2.24) is 9.21 Å². The Morgan fingerprint density at radius 3 is 2.28 bits per heavy atom. The van der Waals surface area contributed by atoms with Crippen LogP contribution < -0.4 is 0 Å². The average molecular weight is 435 g/mol. The molecule has 2 aromatic carbocycles. The van der Waals surface area contributed by atoms with Crippen LogP contribution in [0.4, 0.5) is 0 Å². The number of nitrogens with zero attached hydrogens (tertiary/aromatic N) is 2. The number of carbonyl (C=O) groups excluding carboxylic acids is 1. The average Bonchev–Trinajstić information content (AvgIpc) is 2.99. The lowest BCUT2D eigenvalue weighted by molar-refractivity contribution is 0.0785. The molecule has 156 valence electrons. The lowest BCUT2D eigenvalue weighted by Gasteiger charge is -2.22. The topological polar surface area (TPSA) is 57.7 Å². The Kier molecular flexibility index (Phi) is 6.98.